The van der Waals surface area contributed by atoms with E-state index in [-0.39, 0.29) is 24.2 Å². The van der Waals surface area contributed by atoms with Crippen LogP contribution in [-0.4, -0.2) is 91.6 Å². The zero-order valence-electron chi connectivity index (χ0n) is 24.6. The normalized spacial score (nSPS) is 14.6. The van der Waals surface area contributed by atoms with Crippen LogP contribution in [0.4, 0.5) is 0 Å². The summed E-state index contributed by atoms with van der Waals surface area (Å²) in [5.41, 5.74) is 2.45. The van der Waals surface area contributed by atoms with Crippen molar-refractivity contribution in [1.82, 2.24) is 34.8 Å². The first kappa shape index (κ1) is 30.3. The van der Waals surface area contributed by atoms with Gasteiger partial charge in [-0.05, 0) is 64.6 Å². The van der Waals surface area contributed by atoms with Gasteiger partial charge in [-0.2, -0.15) is 9.78 Å². The molecule has 1 aromatic carbocycles. The van der Waals surface area contributed by atoms with Gasteiger partial charge in [0.2, 0.25) is 0 Å². The van der Waals surface area contributed by atoms with Gasteiger partial charge in [-0.1, -0.05) is 6.92 Å². The van der Waals surface area contributed by atoms with Crippen molar-refractivity contribution in [2.45, 2.75) is 47.1 Å². The molecule has 0 radical (unpaired) electrons. The third-order valence-electron chi connectivity index (χ3n) is 7.28. The largest absolute Gasteiger partial charge is 0.504 e. The van der Waals surface area contributed by atoms with Crippen LogP contribution < -0.4 is 5.32 Å². The first-order valence-electron chi connectivity index (χ1n) is 13.8. The minimum atomic E-state index is -0.754. The number of aliphatic hydroxyl groups is 1. The highest BCUT2D eigenvalue weighted by atomic mass is 16.5. The molecule has 1 saturated heterocycles. The van der Waals surface area contributed by atoms with Crippen LogP contribution in [0.15, 0.2) is 52.1 Å². The summed E-state index contributed by atoms with van der Waals surface area (Å²) < 4.78 is 8.52. The van der Waals surface area contributed by atoms with Crippen molar-refractivity contribution in [2.75, 3.05) is 32.8 Å². The van der Waals surface area contributed by atoms with Gasteiger partial charge in [-0.3, -0.25) is 24.7 Å². The highest BCUT2D eigenvalue weighted by Gasteiger charge is 2.25. The fraction of sp³-hybridized carbons (Fsp3) is 0.414. The molecule has 0 unspecified atom stereocenters. The number of aliphatic hydroxyl groups excluding tert-OH is 1. The van der Waals surface area contributed by atoms with Crippen LogP contribution >= 0.6 is 0 Å². The zero-order chi connectivity index (χ0) is 30.6. The summed E-state index contributed by atoms with van der Waals surface area (Å²) in [6, 6.07) is 6.03. The smallest absolute Gasteiger partial charge is 0.296 e. The second-order valence-electron chi connectivity index (χ2n) is 10.1. The number of ether oxygens (including phenoxy) is 1. The fourth-order valence-corrected chi connectivity index (χ4v) is 4.49. The second-order valence-corrected chi connectivity index (χ2v) is 10.1. The van der Waals surface area contributed by atoms with E-state index in [2.05, 4.69) is 32.2 Å². The number of fused-ring (bicyclic) bond motifs is 1. The Morgan fingerprint density at radius 1 is 1.26 bits per heavy atom. The number of allylic oxidation sites excluding steroid dienone is 3. The number of amides is 1. The van der Waals surface area contributed by atoms with E-state index in [1.165, 1.54) is 11.6 Å². The maximum Gasteiger partial charge on any atom is 0.296 e. The summed E-state index contributed by atoms with van der Waals surface area (Å²) in [7, 11) is 0. The number of rotatable bonds is 12. The Kier molecular flexibility index (Phi) is 9.31. The average molecular weight is 576 g/mol. The Labute approximate surface area is 244 Å². The van der Waals surface area contributed by atoms with E-state index in [4.69, 9.17) is 10.1 Å². The number of aryl methyl sites for hydroxylation is 1. The molecule has 4 rings (SSSR count). The van der Waals surface area contributed by atoms with Gasteiger partial charge in [0.25, 0.3) is 11.8 Å². The third-order valence-corrected chi connectivity index (χ3v) is 7.28. The maximum absolute atomic E-state index is 13.9. The Bertz CT molecular complexity index is 1590. The lowest BCUT2D eigenvalue weighted by Crippen LogP contribution is -2.40. The lowest BCUT2D eigenvalue weighted by Gasteiger charge is -2.27. The quantitative estimate of drug-likeness (QED) is 0.168. The van der Waals surface area contributed by atoms with Crippen LogP contribution in [-0.2, 0) is 9.53 Å². The Morgan fingerprint density at radius 3 is 2.62 bits per heavy atom. The third kappa shape index (κ3) is 6.15. The van der Waals surface area contributed by atoms with Crippen molar-refractivity contribution in [3.63, 3.8) is 0 Å². The molecule has 42 heavy (non-hydrogen) atoms. The molecule has 0 aliphatic carbocycles. The molecule has 13 nitrogen and oxygen atoms in total. The summed E-state index contributed by atoms with van der Waals surface area (Å²) in [6.45, 7) is 14.5. The van der Waals surface area contributed by atoms with E-state index < -0.39 is 17.4 Å². The Morgan fingerprint density at radius 2 is 2.00 bits per heavy atom. The highest BCUT2D eigenvalue weighted by molar-refractivity contribution is 6.43. The molecule has 0 spiro atoms. The summed E-state index contributed by atoms with van der Waals surface area (Å²) in [6.07, 6.45) is 2.62. The summed E-state index contributed by atoms with van der Waals surface area (Å²) in [5.74, 6) is -0.729. The number of nitrogens with zero attached hydrogens (tertiary/aromatic N) is 7. The van der Waals surface area contributed by atoms with Crippen molar-refractivity contribution >= 4 is 35.1 Å². The average Bonchev–Trinajstić information content (AvgIpc) is 3.56. The van der Waals surface area contributed by atoms with Crippen molar-refractivity contribution < 1.29 is 19.4 Å². The molecule has 3 heterocycles. The lowest BCUT2D eigenvalue weighted by molar-refractivity contribution is -0.114. The van der Waals surface area contributed by atoms with Gasteiger partial charge in [0, 0.05) is 36.8 Å². The van der Waals surface area contributed by atoms with E-state index in [1.54, 1.807) is 6.92 Å². The molecular weight excluding hydrogens is 538 g/mol. The van der Waals surface area contributed by atoms with Crippen molar-refractivity contribution in [1.29, 1.82) is 5.41 Å². The molecule has 1 fully saturated rings. The molecule has 3 N–H and O–H groups in total. The fourth-order valence-electron chi connectivity index (χ4n) is 4.49. The molecule has 3 aromatic rings. The summed E-state index contributed by atoms with van der Waals surface area (Å²) >= 11 is 0. The lowest BCUT2D eigenvalue weighted by atomic mass is 10.1. The van der Waals surface area contributed by atoms with Gasteiger partial charge < -0.3 is 20.1 Å². The standard InChI is InChI=1S/C29H37N9O4/c1-7-17(3)25(36(8-2)12-11-32-28(40)24(30)26(39)18(4)31-6)29(41)38-19(5)33-27(35-38)20-9-10-23-21(13-20)14-37(34-23)22-15-42-16-22/h9-10,13-14,22,30,39H,6-8,11-12,15-16H2,1-5H3,(H,32,40)/b25-17-,26-18+,30-24?. The van der Waals surface area contributed by atoms with E-state index in [0.717, 1.165) is 22.0 Å². The predicted octanol–water partition coefficient (Wildman–Crippen LogP) is 3.45. The number of aliphatic imine (C=N–C) groups is 1. The molecule has 0 atom stereocenters. The van der Waals surface area contributed by atoms with Gasteiger partial charge >= 0.3 is 0 Å². The number of carbonyl (C=O) groups is 2. The number of hydrogen-bond acceptors (Lipinski definition) is 10. The van der Waals surface area contributed by atoms with Crippen molar-refractivity contribution in [2.24, 2.45) is 4.99 Å². The van der Waals surface area contributed by atoms with Crippen molar-refractivity contribution in [3.05, 3.63) is 52.9 Å². The van der Waals surface area contributed by atoms with E-state index in [1.807, 2.05) is 54.7 Å². The molecule has 222 valence electrons. The molecule has 0 bridgehead atoms. The van der Waals surface area contributed by atoms with E-state index in [9.17, 15) is 14.7 Å². The maximum atomic E-state index is 13.9. The van der Waals surface area contributed by atoms with Gasteiger partial charge in [-0.25, -0.2) is 4.98 Å². The number of aromatic nitrogens is 5. The summed E-state index contributed by atoms with van der Waals surface area (Å²) in [4.78, 5) is 36.3. The highest BCUT2D eigenvalue weighted by Crippen LogP contribution is 2.25. The second kappa shape index (κ2) is 12.9. The van der Waals surface area contributed by atoms with E-state index in [0.29, 0.717) is 50.1 Å². The summed E-state index contributed by atoms with van der Waals surface area (Å²) in [5, 5.41) is 30.7. The van der Waals surface area contributed by atoms with Crippen LogP contribution in [0.3, 0.4) is 0 Å². The topological polar surface area (TPSA) is 164 Å². The molecule has 1 amide bonds. The van der Waals surface area contributed by atoms with Crippen LogP contribution in [0.1, 0.15) is 50.8 Å². The molecule has 0 saturated carbocycles. The molecule has 13 heteroatoms. The van der Waals surface area contributed by atoms with Crippen LogP contribution in [0.25, 0.3) is 22.3 Å². The minimum absolute atomic E-state index is 0.0843. The van der Waals surface area contributed by atoms with Gasteiger partial charge in [-0.15, -0.1) is 5.10 Å². The van der Waals surface area contributed by atoms with E-state index >= 15 is 0 Å². The predicted molar refractivity (Wildman–Crippen MR) is 160 cm³/mol. The number of hydrogen-bond donors (Lipinski definition) is 3. The van der Waals surface area contributed by atoms with Crippen molar-refractivity contribution in [3.8, 4) is 11.4 Å². The van der Waals surface area contributed by atoms with Crippen LogP contribution in [0, 0.1) is 12.3 Å². The molecule has 1 aliphatic heterocycles. The van der Waals surface area contributed by atoms with Gasteiger partial charge in [0.15, 0.2) is 17.3 Å². The van der Waals surface area contributed by atoms with Gasteiger partial charge in [0.1, 0.15) is 11.5 Å². The van der Waals surface area contributed by atoms with Crippen LogP contribution in [0.2, 0.25) is 0 Å². The SMILES string of the molecule is C=N/C(C)=C(/O)C(=N)C(=O)NCCN(CC)/C(C(=O)n1nc(-c2ccc3nn(C4COC4)cc3c2)nc1C)=C(/C)CC. The molecule has 2 aromatic heterocycles. The Balaban J connectivity index is 1.53. The first-order valence-corrected chi connectivity index (χ1v) is 13.8. The minimum Gasteiger partial charge on any atom is -0.504 e. The Hall–Kier alpha value is -4.65. The monoisotopic (exact) mass is 575 g/mol. The number of nitrogens with one attached hydrogen (secondary N) is 2. The van der Waals surface area contributed by atoms with Gasteiger partial charge in [0.05, 0.1) is 30.5 Å². The first-order chi connectivity index (χ1) is 20.1. The van der Waals surface area contributed by atoms with Crippen LogP contribution in [0.5, 0.6) is 0 Å². The number of carbonyl (C=O) groups excluding carboxylic acids is 2. The molecular formula is C29H37N9O4. The number of benzene rings is 1. The number of likely N-dealkylation sites (N-methyl/N-ethyl adjacent to an activating group) is 1. The zero-order valence-corrected chi connectivity index (χ0v) is 24.6. The molecule has 1 aliphatic rings.